The molecular formula is C17H25N3O. The molecule has 0 aliphatic heterocycles. The highest BCUT2D eigenvalue weighted by molar-refractivity contribution is 5.25. The van der Waals surface area contributed by atoms with E-state index in [4.69, 9.17) is 4.52 Å². The third-order valence-electron chi connectivity index (χ3n) is 3.59. The van der Waals surface area contributed by atoms with Gasteiger partial charge < -0.3 is 9.84 Å². The minimum absolute atomic E-state index is 0.291. The van der Waals surface area contributed by atoms with Gasteiger partial charge >= 0.3 is 0 Å². The van der Waals surface area contributed by atoms with E-state index in [-0.39, 0.29) is 0 Å². The average molecular weight is 287 g/mol. The van der Waals surface area contributed by atoms with Gasteiger partial charge in [0.1, 0.15) is 0 Å². The quantitative estimate of drug-likeness (QED) is 0.841. The van der Waals surface area contributed by atoms with Gasteiger partial charge in [0.25, 0.3) is 0 Å². The van der Waals surface area contributed by atoms with Crippen LogP contribution in [0.2, 0.25) is 0 Å². The number of nitrogens with zero attached hydrogens (tertiary/aromatic N) is 2. The lowest BCUT2D eigenvalue weighted by atomic mass is 9.94. The Balaban J connectivity index is 2.04. The van der Waals surface area contributed by atoms with Crippen LogP contribution in [-0.4, -0.2) is 10.1 Å². The molecule has 2 rings (SSSR count). The SMILES string of the molecule is CCCc1ccc(C(NCc2noc(C)n2)C(C)C)cc1. The zero-order valence-electron chi connectivity index (χ0n) is 13.4. The molecule has 1 aromatic heterocycles. The van der Waals surface area contributed by atoms with Crippen LogP contribution in [0.5, 0.6) is 0 Å². The molecule has 2 aromatic rings. The topological polar surface area (TPSA) is 51.0 Å². The summed E-state index contributed by atoms with van der Waals surface area (Å²) in [5.41, 5.74) is 2.71. The van der Waals surface area contributed by atoms with Crippen molar-refractivity contribution in [2.24, 2.45) is 5.92 Å². The van der Waals surface area contributed by atoms with E-state index in [2.05, 4.69) is 60.5 Å². The molecule has 0 saturated carbocycles. The third-order valence-corrected chi connectivity index (χ3v) is 3.59. The summed E-state index contributed by atoms with van der Waals surface area (Å²) in [4.78, 5) is 4.23. The predicted molar refractivity (Wildman–Crippen MR) is 83.9 cm³/mol. The molecule has 21 heavy (non-hydrogen) atoms. The molecule has 114 valence electrons. The van der Waals surface area contributed by atoms with Crippen LogP contribution in [0.3, 0.4) is 0 Å². The standard InChI is InChI=1S/C17H25N3O/c1-5-6-14-7-9-15(10-8-14)17(12(2)3)18-11-16-19-13(4)21-20-16/h7-10,12,17-18H,5-6,11H2,1-4H3. The first kappa shape index (κ1) is 15.7. The predicted octanol–water partition coefficient (Wildman–Crippen LogP) is 3.82. The summed E-state index contributed by atoms with van der Waals surface area (Å²) >= 11 is 0. The van der Waals surface area contributed by atoms with Crippen LogP contribution in [0.25, 0.3) is 0 Å². The molecule has 0 aliphatic rings. The zero-order valence-corrected chi connectivity index (χ0v) is 13.4. The van der Waals surface area contributed by atoms with E-state index in [9.17, 15) is 0 Å². The molecule has 1 atom stereocenters. The smallest absolute Gasteiger partial charge is 0.223 e. The van der Waals surface area contributed by atoms with Gasteiger partial charge in [0.15, 0.2) is 5.82 Å². The van der Waals surface area contributed by atoms with Gasteiger partial charge in [-0.15, -0.1) is 0 Å². The Morgan fingerprint density at radius 2 is 1.90 bits per heavy atom. The van der Waals surface area contributed by atoms with Crippen molar-refractivity contribution in [2.75, 3.05) is 0 Å². The van der Waals surface area contributed by atoms with Gasteiger partial charge in [-0.3, -0.25) is 0 Å². The largest absolute Gasteiger partial charge is 0.340 e. The number of aryl methyl sites for hydroxylation is 2. The zero-order chi connectivity index (χ0) is 15.2. The normalized spacial score (nSPS) is 12.8. The molecular weight excluding hydrogens is 262 g/mol. The van der Waals surface area contributed by atoms with Crippen LogP contribution in [0.1, 0.15) is 56.1 Å². The third kappa shape index (κ3) is 4.39. The number of hydrogen-bond acceptors (Lipinski definition) is 4. The Hall–Kier alpha value is -1.68. The van der Waals surface area contributed by atoms with Crippen LogP contribution < -0.4 is 5.32 Å². The first-order chi connectivity index (χ1) is 10.1. The Kier molecular flexibility index (Phi) is 5.51. The van der Waals surface area contributed by atoms with Crippen molar-refractivity contribution < 1.29 is 4.52 Å². The van der Waals surface area contributed by atoms with Gasteiger partial charge in [0.2, 0.25) is 5.89 Å². The summed E-state index contributed by atoms with van der Waals surface area (Å²) in [5.74, 6) is 1.81. The minimum atomic E-state index is 0.291. The molecule has 0 bridgehead atoms. The highest BCUT2D eigenvalue weighted by atomic mass is 16.5. The van der Waals surface area contributed by atoms with Crippen LogP contribution >= 0.6 is 0 Å². The van der Waals surface area contributed by atoms with Crippen molar-refractivity contribution in [3.05, 3.63) is 47.1 Å². The molecule has 4 heteroatoms. The fourth-order valence-corrected chi connectivity index (χ4v) is 2.53. The molecule has 1 unspecified atom stereocenters. The minimum Gasteiger partial charge on any atom is -0.340 e. The van der Waals surface area contributed by atoms with Crippen molar-refractivity contribution in [3.63, 3.8) is 0 Å². The van der Waals surface area contributed by atoms with Crippen LogP contribution in [-0.2, 0) is 13.0 Å². The highest BCUT2D eigenvalue weighted by Crippen LogP contribution is 2.22. The second-order valence-electron chi connectivity index (χ2n) is 5.82. The summed E-state index contributed by atoms with van der Waals surface area (Å²) in [6.45, 7) is 9.08. The molecule has 0 aliphatic carbocycles. The second kappa shape index (κ2) is 7.36. The molecule has 0 saturated heterocycles. The van der Waals surface area contributed by atoms with E-state index in [1.54, 1.807) is 0 Å². The van der Waals surface area contributed by atoms with Gasteiger partial charge in [-0.05, 0) is 23.5 Å². The number of aromatic nitrogens is 2. The summed E-state index contributed by atoms with van der Waals surface area (Å²) < 4.78 is 5.00. The van der Waals surface area contributed by atoms with E-state index in [1.165, 1.54) is 17.5 Å². The van der Waals surface area contributed by atoms with E-state index in [0.717, 1.165) is 6.42 Å². The molecule has 1 N–H and O–H groups in total. The van der Waals surface area contributed by atoms with Gasteiger partial charge in [0, 0.05) is 13.0 Å². The Labute approximate surface area is 127 Å². The van der Waals surface area contributed by atoms with Crippen LogP contribution in [0.4, 0.5) is 0 Å². The molecule has 1 heterocycles. The first-order valence-electron chi connectivity index (χ1n) is 7.71. The van der Waals surface area contributed by atoms with Gasteiger partial charge in [-0.1, -0.05) is 56.6 Å². The fourth-order valence-electron chi connectivity index (χ4n) is 2.53. The number of nitrogens with one attached hydrogen (secondary N) is 1. The van der Waals surface area contributed by atoms with Crippen molar-refractivity contribution in [2.45, 2.75) is 53.1 Å². The maximum atomic E-state index is 5.00. The molecule has 0 spiro atoms. The molecule has 1 aromatic carbocycles. The average Bonchev–Trinajstić information content (AvgIpc) is 2.86. The van der Waals surface area contributed by atoms with Crippen molar-refractivity contribution in [3.8, 4) is 0 Å². The lowest BCUT2D eigenvalue weighted by molar-refractivity contribution is 0.373. The second-order valence-corrected chi connectivity index (χ2v) is 5.82. The van der Waals surface area contributed by atoms with Gasteiger partial charge in [-0.25, -0.2) is 0 Å². The van der Waals surface area contributed by atoms with E-state index in [1.807, 2.05) is 6.92 Å². The lowest BCUT2D eigenvalue weighted by Crippen LogP contribution is -2.25. The molecule has 4 nitrogen and oxygen atoms in total. The maximum absolute atomic E-state index is 5.00. The first-order valence-corrected chi connectivity index (χ1v) is 7.71. The van der Waals surface area contributed by atoms with Crippen LogP contribution in [0, 0.1) is 12.8 Å². The van der Waals surface area contributed by atoms with Crippen molar-refractivity contribution in [1.29, 1.82) is 0 Å². The molecule has 0 amide bonds. The van der Waals surface area contributed by atoms with Crippen molar-refractivity contribution >= 4 is 0 Å². The Morgan fingerprint density at radius 3 is 2.43 bits per heavy atom. The number of benzene rings is 1. The summed E-state index contributed by atoms with van der Waals surface area (Å²) in [6.07, 6.45) is 2.32. The van der Waals surface area contributed by atoms with E-state index in [0.29, 0.717) is 30.2 Å². The summed E-state index contributed by atoms with van der Waals surface area (Å²) in [7, 11) is 0. The Bertz CT molecular complexity index is 545. The van der Waals surface area contributed by atoms with Crippen LogP contribution in [0.15, 0.2) is 28.8 Å². The van der Waals surface area contributed by atoms with Gasteiger partial charge in [-0.2, -0.15) is 4.98 Å². The summed E-state index contributed by atoms with van der Waals surface area (Å²) in [6, 6.07) is 9.20. The fraction of sp³-hybridized carbons (Fsp3) is 0.529. The van der Waals surface area contributed by atoms with Gasteiger partial charge in [0.05, 0.1) is 6.54 Å². The Morgan fingerprint density at radius 1 is 1.19 bits per heavy atom. The van der Waals surface area contributed by atoms with Crippen molar-refractivity contribution in [1.82, 2.24) is 15.5 Å². The number of rotatable bonds is 7. The van der Waals surface area contributed by atoms with E-state index >= 15 is 0 Å². The monoisotopic (exact) mass is 287 g/mol. The summed E-state index contributed by atoms with van der Waals surface area (Å²) in [5, 5.41) is 7.46. The molecule has 0 radical (unpaired) electrons. The highest BCUT2D eigenvalue weighted by Gasteiger charge is 2.16. The maximum Gasteiger partial charge on any atom is 0.223 e. The molecule has 0 fully saturated rings. The number of hydrogen-bond donors (Lipinski definition) is 1. The lowest BCUT2D eigenvalue weighted by Gasteiger charge is -2.22. The van der Waals surface area contributed by atoms with E-state index < -0.39 is 0 Å².